The molecule has 0 radical (unpaired) electrons. The monoisotopic (exact) mass is 1550 g/mol. The van der Waals surface area contributed by atoms with Crippen molar-refractivity contribution in [3.63, 3.8) is 0 Å². The number of hydrogen-bond acceptors (Lipinski definition) is 15. The van der Waals surface area contributed by atoms with E-state index in [1.54, 1.807) is 0 Å². The molecule has 0 aromatic carbocycles. The second-order valence-corrected chi connectivity index (χ2v) is 35.4. The number of unbranched alkanes of at least 4 members (excludes halogenated alkanes) is 47. The van der Waals surface area contributed by atoms with Crippen LogP contribution in [-0.4, -0.2) is 96.7 Å². The summed E-state index contributed by atoms with van der Waals surface area (Å²) in [6.45, 7) is 14.4. The Labute approximate surface area is 651 Å². The lowest BCUT2D eigenvalue weighted by atomic mass is 9.99. The van der Waals surface area contributed by atoms with Crippen LogP contribution in [0.25, 0.3) is 0 Å². The number of hydrogen-bond donors (Lipinski definition) is 3. The number of carbonyl (C=O) groups is 4. The minimum absolute atomic E-state index is 0.104. The van der Waals surface area contributed by atoms with Crippen LogP contribution in [0.4, 0.5) is 0 Å². The van der Waals surface area contributed by atoms with Crippen molar-refractivity contribution in [1.29, 1.82) is 0 Å². The Balaban J connectivity index is 5.20. The molecule has 0 aliphatic rings. The molecule has 0 heterocycles. The molecule has 6 unspecified atom stereocenters. The summed E-state index contributed by atoms with van der Waals surface area (Å²) in [5.41, 5.74) is 0. The molecular weight excluding hydrogens is 1380 g/mol. The molecule has 0 aliphatic heterocycles. The maximum Gasteiger partial charge on any atom is 0.472 e. The molecule has 19 heteroatoms. The molecule has 0 amide bonds. The molecule has 0 aliphatic carbocycles. The second kappa shape index (κ2) is 75.7. The number of phosphoric ester groups is 2. The number of phosphoric acid groups is 2. The first-order valence-electron chi connectivity index (χ1n) is 44.8. The third-order valence-electron chi connectivity index (χ3n) is 21.4. The molecular formula is C87H170O17P2. The molecule has 106 heavy (non-hydrogen) atoms. The zero-order valence-electron chi connectivity index (χ0n) is 70.1. The van der Waals surface area contributed by atoms with Gasteiger partial charge in [0.05, 0.1) is 26.4 Å². The number of ether oxygens (including phenoxy) is 4. The Hall–Kier alpha value is -1.94. The fourth-order valence-corrected chi connectivity index (χ4v) is 15.0. The maximum atomic E-state index is 13.2. The Bertz CT molecular complexity index is 2060. The van der Waals surface area contributed by atoms with Crippen LogP contribution < -0.4 is 0 Å². The standard InChI is InChI=1S/C87H170O17P2/c1-9-78(6)64-56-48-40-32-28-24-20-16-12-14-18-22-26-30-34-43-51-59-67-84(89)97-73-82(103-86(91)69-61-53-44-35-31-27-23-19-15-13-17-21-25-29-33-41-49-57-65-79(7)10-2)75-101-105(93,94)99-71-81(88)72-100-106(95,96)102-76-83(74-98-85(90)68-60-52-46-38-39-47-55-63-77(4)5)104-87(92)70-62-54-45-37-36-42-50-58-66-80(8)11-3/h77-83,88H,9-76H2,1-8H3,(H,93,94)(H,95,96)/t78?,79?,80?,81?,82-,83-/m1/s1. The van der Waals surface area contributed by atoms with E-state index < -0.39 is 97.5 Å². The highest BCUT2D eigenvalue weighted by molar-refractivity contribution is 7.47. The highest BCUT2D eigenvalue weighted by Crippen LogP contribution is 2.45. The van der Waals surface area contributed by atoms with Gasteiger partial charge in [0.25, 0.3) is 0 Å². The third-order valence-corrected chi connectivity index (χ3v) is 23.3. The molecule has 0 spiro atoms. The molecule has 8 atom stereocenters. The first kappa shape index (κ1) is 104. The summed E-state index contributed by atoms with van der Waals surface area (Å²) in [4.78, 5) is 73.2. The Morgan fingerprint density at radius 1 is 0.264 bits per heavy atom. The Morgan fingerprint density at radius 2 is 0.453 bits per heavy atom. The molecule has 0 aromatic rings. The first-order chi connectivity index (χ1) is 51.2. The minimum atomic E-state index is -4.97. The molecule has 0 bridgehead atoms. The van der Waals surface area contributed by atoms with Crippen LogP contribution in [0.3, 0.4) is 0 Å². The van der Waals surface area contributed by atoms with Gasteiger partial charge in [-0.1, -0.05) is 402 Å². The fraction of sp³-hybridized carbons (Fsp3) is 0.954. The molecule has 0 aromatic heterocycles. The van der Waals surface area contributed by atoms with Crippen molar-refractivity contribution in [2.45, 2.75) is 472 Å². The smallest absolute Gasteiger partial charge is 0.462 e. The van der Waals surface area contributed by atoms with Crippen molar-refractivity contribution < 1.29 is 80.2 Å². The SMILES string of the molecule is CCC(C)CCCCCCCCCCCCCCCCCCCCC(=O)OC[C@H](COP(=O)(O)OCC(O)COP(=O)(O)OC[C@@H](COC(=O)CCCCCCCCCC(C)C)OC(=O)CCCCCCCCCCC(C)CC)OC(=O)CCCCCCCCCCCCCCCCCCCCC(C)CC. The Morgan fingerprint density at radius 3 is 0.670 bits per heavy atom. The van der Waals surface area contributed by atoms with Crippen LogP contribution in [0.2, 0.25) is 0 Å². The molecule has 0 rings (SSSR count). The lowest BCUT2D eigenvalue weighted by molar-refractivity contribution is -0.161. The fourth-order valence-electron chi connectivity index (χ4n) is 13.4. The molecule has 3 N–H and O–H groups in total. The number of esters is 4. The van der Waals surface area contributed by atoms with Gasteiger partial charge in [0.15, 0.2) is 12.2 Å². The lowest BCUT2D eigenvalue weighted by Crippen LogP contribution is -2.30. The van der Waals surface area contributed by atoms with Gasteiger partial charge in [-0.25, -0.2) is 9.13 Å². The van der Waals surface area contributed by atoms with E-state index in [1.807, 2.05) is 0 Å². The predicted octanol–water partition coefficient (Wildman–Crippen LogP) is 26.3. The van der Waals surface area contributed by atoms with Gasteiger partial charge in [0.1, 0.15) is 19.3 Å². The van der Waals surface area contributed by atoms with Crippen molar-refractivity contribution in [3.8, 4) is 0 Å². The van der Waals surface area contributed by atoms with Gasteiger partial charge in [0.2, 0.25) is 0 Å². The highest BCUT2D eigenvalue weighted by atomic mass is 31.2. The average Bonchev–Trinajstić information content (AvgIpc) is 0.900. The summed E-state index contributed by atoms with van der Waals surface area (Å²) in [7, 11) is -9.93. The van der Waals surface area contributed by atoms with Gasteiger partial charge in [0, 0.05) is 25.7 Å². The Kier molecular flexibility index (Phi) is 74.3. The van der Waals surface area contributed by atoms with Crippen molar-refractivity contribution in [1.82, 2.24) is 0 Å². The van der Waals surface area contributed by atoms with Crippen molar-refractivity contribution in [3.05, 3.63) is 0 Å². The summed E-state index contributed by atoms with van der Waals surface area (Å²) in [6.07, 6.45) is 65.4. The lowest BCUT2D eigenvalue weighted by Gasteiger charge is -2.21. The van der Waals surface area contributed by atoms with E-state index in [1.165, 1.54) is 250 Å². The van der Waals surface area contributed by atoms with Gasteiger partial charge in [-0.3, -0.25) is 37.3 Å². The number of aliphatic hydroxyl groups excluding tert-OH is 1. The first-order valence-corrected chi connectivity index (χ1v) is 47.8. The van der Waals surface area contributed by atoms with Gasteiger partial charge in [-0.2, -0.15) is 0 Å². The zero-order valence-corrected chi connectivity index (χ0v) is 71.9. The van der Waals surface area contributed by atoms with Crippen molar-refractivity contribution >= 4 is 39.5 Å². The van der Waals surface area contributed by atoms with Crippen molar-refractivity contribution in [2.75, 3.05) is 39.6 Å². The maximum absolute atomic E-state index is 13.2. The van der Waals surface area contributed by atoms with Gasteiger partial charge in [-0.05, 0) is 49.4 Å². The predicted molar refractivity (Wildman–Crippen MR) is 437 cm³/mol. The quantitative estimate of drug-likeness (QED) is 0.0222. The number of rotatable bonds is 84. The van der Waals surface area contributed by atoms with E-state index in [-0.39, 0.29) is 25.7 Å². The third kappa shape index (κ3) is 76.1. The average molecular weight is 1550 g/mol. The van der Waals surface area contributed by atoms with E-state index in [2.05, 4.69) is 55.4 Å². The van der Waals surface area contributed by atoms with Gasteiger partial charge >= 0.3 is 39.5 Å². The largest absolute Gasteiger partial charge is 0.472 e. The summed E-state index contributed by atoms with van der Waals surface area (Å²) >= 11 is 0. The van der Waals surface area contributed by atoms with Crippen LogP contribution in [0, 0.1) is 23.7 Å². The highest BCUT2D eigenvalue weighted by Gasteiger charge is 2.31. The summed E-state index contributed by atoms with van der Waals surface area (Å²) in [5.74, 6) is 1.11. The van der Waals surface area contributed by atoms with E-state index in [0.717, 1.165) is 114 Å². The molecule has 0 saturated heterocycles. The molecule has 17 nitrogen and oxygen atoms in total. The minimum Gasteiger partial charge on any atom is -0.462 e. The van der Waals surface area contributed by atoms with E-state index in [4.69, 9.17) is 37.0 Å². The summed E-state index contributed by atoms with van der Waals surface area (Å²) in [6, 6.07) is 0. The van der Waals surface area contributed by atoms with E-state index in [0.29, 0.717) is 31.6 Å². The van der Waals surface area contributed by atoms with Crippen LogP contribution in [-0.2, 0) is 65.4 Å². The zero-order chi connectivity index (χ0) is 78.1. The molecule has 0 saturated carbocycles. The van der Waals surface area contributed by atoms with Crippen molar-refractivity contribution in [2.24, 2.45) is 23.7 Å². The normalized spacial score (nSPS) is 14.7. The summed E-state index contributed by atoms with van der Waals surface area (Å²) < 4.78 is 68.8. The van der Waals surface area contributed by atoms with Crippen LogP contribution in [0.15, 0.2) is 0 Å². The van der Waals surface area contributed by atoms with E-state index in [9.17, 15) is 43.2 Å². The summed E-state index contributed by atoms with van der Waals surface area (Å²) in [5, 5.41) is 10.7. The van der Waals surface area contributed by atoms with Crippen LogP contribution >= 0.6 is 15.6 Å². The van der Waals surface area contributed by atoms with Gasteiger partial charge < -0.3 is 33.8 Å². The second-order valence-electron chi connectivity index (χ2n) is 32.5. The number of carbonyl (C=O) groups excluding carboxylic acids is 4. The molecule has 630 valence electrons. The molecule has 0 fully saturated rings. The number of aliphatic hydroxyl groups is 1. The van der Waals surface area contributed by atoms with Crippen LogP contribution in [0.5, 0.6) is 0 Å². The topological polar surface area (TPSA) is 237 Å². The van der Waals surface area contributed by atoms with E-state index >= 15 is 0 Å². The van der Waals surface area contributed by atoms with Gasteiger partial charge in [-0.15, -0.1) is 0 Å². The van der Waals surface area contributed by atoms with Crippen LogP contribution in [0.1, 0.15) is 453 Å².